The van der Waals surface area contributed by atoms with Gasteiger partial charge in [0.1, 0.15) is 0 Å². The van der Waals surface area contributed by atoms with Crippen LogP contribution in [0.15, 0.2) is 29.8 Å². The molecule has 2 nitrogen and oxygen atoms in total. The van der Waals surface area contributed by atoms with Crippen molar-refractivity contribution < 1.29 is 22.7 Å². The second-order valence-electron chi connectivity index (χ2n) is 5.08. The molecule has 0 radical (unpaired) electrons. The average Bonchev–Trinajstić information content (AvgIpc) is 2.71. The van der Waals surface area contributed by atoms with Gasteiger partial charge in [-0.3, -0.25) is 0 Å². The molecule has 0 saturated heterocycles. The SMILES string of the molecule is COC(=O)C1=C(c2ccc(C(F)(F)F)cc2)CCCCC1. The summed E-state index contributed by atoms with van der Waals surface area (Å²) in [4.78, 5) is 11.9. The Morgan fingerprint density at radius 1 is 1.05 bits per heavy atom. The highest BCUT2D eigenvalue weighted by Gasteiger charge is 2.30. The van der Waals surface area contributed by atoms with E-state index in [1.165, 1.54) is 19.2 Å². The minimum absolute atomic E-state index is 0.383. The summed E-state index contributed by atoms with van der Waals surface area (Å²) in [5.41, 5.74) is 1.40. The number of esters is 1. The number of hydrogen-bond acceptors (Lipinski definition) is 2. The first-order chi connectivity index (χ1) is 9.93. The first-order valence-corrected chi connectivity index (χ1v) is 6.91. The number of benzene rings is 1. The molecule has 0 bridgehead atoms. The standard InChI is InChI=1S/C16H17F3O2/c1-21-15(20)14-6-4-2-3-5-13(14)11-7-9-12(10-8-11)16(17,18)19/h7-10H,2-6H2,1H3. The highest BCUT2D eigenvalue weighted by Crippen LogP contribution is 2.34. The zero-order chi connectivity index (χ0) is 15.5. The van der Waals surface area contributed by atoms with Crippen LogP contribution < -0.4 is 0 Å². The highest BCUT2D eigenvalue weighted by molar-refractivity contribution is 5.97. The average molecular weight is 298 g/mol. The summed E-state index contributed by atoms with van der Waals surface area (Å²) in [6.45, 7) is 0. The molecule has 0 unspecified atom stereocenters. The van der Waals surface area contributed by atoms with Crippen molar-refractivity contribution in [2.75, 3.05) is 7.11 Å². The number of hydrogen-bond donors (Lipinski definition) is 0. The van der Waals surface area contributed by atoms with Crippen LogP contribution in [0.2, 0.25) is 0 Å². The Labute approximate surface area is 121 Å². The number of halogens is 3. The Hall–Kier alpha value is -1.78. The van der Waals surface area contributed by atoms with Gasteiger partial charge in [-0.25, -0.2) is 4.79 Å². The van der Waals surface area contributed by atoms with Crippen molar-refractivity contribution in [2.24, 2.45) is 0 Å². The smallest absolute Gasteiger partial charge is 0.416 e. The van der Waals surface area contributed by atoms with Crippen LogP contribution in [0.25, 0.3) is 5.57 Å². The topological polar surface area (TPSA) is 26.3 Å². The van der Waals surface area contributed by atoms with E-state index >= 15 is 0 Å². The third-order valence-electron chi connectivity index (χ3n) is 3.71. The van der Waals surface area contributed by atoms with Gasteiger partial charge in [-0.15, -0.1) is 0 Å². The van der Waals surface area contributed by atoms with E-state index in [4.69, 9.17) is 4.74 Å². The molecule has 1 aromatic carbocycles. The Bertz CT molecular complexity index is 542. The van der Waals surface area contributed by atoms with Crippen molar-refractivity contribution in [3.05, 3.63) is 41.0 Å². The summed E-state index contributed by atoms with van der Waals surface area (Å²) < 4.78 is 42.6. The molecule has 0 atom stereocenters. The summed E-state index contributed by atoms with van der Waals surface area (Å²) in [6, 6.07) is 4.99. The van der Waals surface area contributed by atoms with E-state index in [1.54, 1.807) is 0 Å². The van der Waals surface area contributed by atoms with Gasteiger partial charge in [-0.05, 0) is 49.0 Å². The van der Waals surface area contributed by atoms with Gasteiger partial charge in [0, 0.05) is 5.57 Å². The quantitative estimate of drug-likeness (QED) is 0.746. The number of ether oxygens (including phenoxy) is 1. The maximum absolute atomic E-state index is 12.6. The minimum atomic E-state index is -4.35. The normalized spacial score (nSPS) is 16.6. The van der Waals surface area contributed by atoms with Gasteiger partial charge in [-0.1, -0.05) is 18.6 Å². The highest BCUT2D eigenvalue weighted by atomic mass is 19.4. The molecule has 1 aliphatic rings. The molecule has 0 fully saturated rings. The van der Waals surface area contributed by atoms with Gasteiger partial charge in [0.25, 0.3) is 0 Å². The lowest BCUT2D eigenvalue weighted by Gasteiger charge is -2.13. The Balaban J connectivity index is 2.40. The van der Waals surface area contributed by atoms with Gasteiger partial charge in [0.05, 0.1) is 12.7 Å². The molecule has 21 heavy (non-hydrogen) atoms. The summed E-state index contributed by atoms with van der Waals surface area (Å²) in [7, 11) is 1.32. The molecular weight excluding hydrogens is 281 g/mol. The van der Waals surface area contributed by atoms with E-state index in [-0.39, 0.29) is 5.97 Å². The molecule has 0 spiro atoms. The van der Waals surface area contributed by atoms with E-state index in [1.807, 2.05) is 0 Å². The first-order valence-electron chi connectivity index (χ1n) is 6.91. The Morgan fingerprint density at radius 2 is 1.67 bits per heavy atom. The summed E-state index contributed by atoms with van der Waals surface area (Å²) in [5.74, 6) is -0.383. The van der Waals surface area contributed by atoms with E-state index in [2.05, 4.69) is 0 Å². The fourth-order valence-corrected chi connectivity index (χ4v) is 2.61. The molecule has 0 amide bonds. The molecule has 0 aliphatic heterocycles. The number of rotatable bonds is 2. The molecule has 1 aromatic rings. The molecule has 0 aromatic heterocycles. The van der Waals surface area contributed by atoms with Gasteiger partial charge in [0.2, 0.25) is 0 Å². The largest absolute Gasteiger partial charge is 0.466 e. The third-order valence-corrected chi connectivity index (χ3v) is 3.71. The van der Waals surface area contributed by atoms with Crippen LogP contribution in [0, 0.1) is 0 Å². The van der Waals surface area contributed by atoms with E-state index in [9.17, 15) is 18.0 Å². The van der Waals surface area contributed by atoms with E-state index < -0.39 is 11.7 Å². The fourth-order valence-electron chi connectivity index (χ4n) is 2.61. The predicted molar refractivity (Wildman–Crippen MR) is 73.5 cm³/mol. The number of methoxy groups -OCH3 is 1. The van der Waals surface area contributed by atoms with Crippen molar-refractivity contribution in [1.82, 2.24) is 0 Å². The third kappa shape index (κ3) is 3.65. The Morgan fingerprint density at radius 3 is 2.24 bits per heavy atom. The predicted octanol–water partition coefficient (Wildman–Crippen LogP) is 4.60. The lowest BCUT2D eigenvalue weighted by atomic mass is 9.95. The lowest BCUT2D eigenvalue weighted by Crippen LogP contribution is -2.08. The number of carbonyl (C=O) groups excluding carboxylic acids is 1. The van der Waals surface area contributed by atoms with Crippen LogP contribution in [0.3, 0.4) is 0 Å². The monoisotopic (exact) mass is 298 g/mol. The minimum Gasteiger partial charge on any atom is -0.466 e. The van der Waals surface area contributed by atoms with Crippen molar-refractivity contribution in [1.29, 1.82) is 0 Å². The molecular formula is C16H17F3O2. The molecule has 5 heteroatoms. The zero-order valence-electron chi connectivity index (χ0n) is 11.8. The zero-order valence-corrected chi connectivity index (χ0v) is 11.8. The first kappa shape index (κ1) is 15.6. The number of allylic oxidation sites excluding steroid dienone is 1. The van der Waals surface area contributed by atoms with Crippen molar-refractivity contribution >= 4 is 11.5 Å². The fraction of sp³-hybridized carbons (Fsp3) is 0.438. The van der Waals surface area contributed by atoms with E-state index in [0.29, 0.717) is 24.0 Å². The van der Waals surface area contributed by atoms with Gasteiger partial charge >= 0.3 is 12.1 Å². The van der Waals surface area contributed by atoms with Crippen molar-refractivity contribution in [3.8, 4) is 0 Å². The maximum atomic E-state index is 12.6. The van der Waals surface area contributed by atoms with Crippen LogP contribution in [0.4, 0.5) is 13.2 Å². The summed E-state index contributed by atoms with van der Waals surface area (Å²) in [6.07, 6.45) is -0.212. The molecule has 0 heterocycles. The molecule has 0 saturated carbocycles. The maximum Gasteiger partial charge on any atom is 0.416 e. The molecule has 114 valence electrons. The van der Waals surface area contributed by atoms with Crippen LogP contribution in [0.5, 0.6) is 0 Å². The van der Waals surface area contributed by atoms with Crippen LogP contribution in [0.1, 0.15) is 43.2 Å². The molecule has 2 rings (SSSR count). The summed E-state index contributed by atoms with van der Waals surface area (Å²) in [5, 5.41) is 0. The van der Waals surface area contributed by atoms with Crippen LogP contribution in [-0.4, -0.2) is 13.1 Å². The molecule has 1 aliphatic carbocycles. The lowest BCUT2D eigenvalue weighted by molar-refractivity contribution is -0.138. The van der Waals surface area contributed by atoms with Gasteiger partial charge in [-0.2, -0.15) is 13.2 Å². The second kappa shape index (κ2) is 6.33. The number of alkyl halides is 3. The molecule has 0 N–H and O–H groups in total. The van der Waals surface area contributed by atoms with Gasteiger partial charge < -0.3 is 4.74 Å². The van der Waals surface area contributed by atoms with E-state index in [0.717, 1.165) is 37.0 Å². The van der Waals surface area contributed by atoms with Gasteiger partial charge in [0.15, 0.2) is 0 Å². The second-order valence-corrected chi connectivity index (χ2v) is 5.08. The van der Waals surface area contributed by atoms with Crippen molar-refractivity contribution in [3.63, 3.8) is 0 Å². The Kier molecular flexibility index (Phi) is 4.70. The number of carbonyl (C=O) groups is 1. The van der Waals surface area contributed by atoms with Crippen LogP contribution >= 0.6 is 0 Å². The van der Waals surface area contributed by atoms with Crippen LogP contribution in [-0.2, 0) is 15.7 Å². The summed E-state index contributed by atoms with van der Waals surface area (Å²) >= 11 is 0. The van der Waals surface area contributed by atoms with Crippen molar-refractivity contribution in [2.45, 2.75) is 38.3 Å².